The molecule has 0 aliphatic heterocycles. The smallest absolute Gasteiger partial charge is 0.154 e. The fourth-order valence-electron chi connectivity index (χ4n) is 3.38. The molecule has 0 aliphatic carbocycles. The lowest BCUT2D eigenvalue weighted by atomic mass is 10.1. The van der Waals surface area contributed by atoms with Gasteiger partial charge in [-0.15, -0.1) is 0 Å². The average molecular weight is 385 g/mol. The highest BCUT2D eigenvalue weighted by molar-refractivity contribution is 5.85. The molecule has 0 aliphatic rings. The van der Waals surface area contributed by atoms with Crippen molar-refractivity contribution in [3.05, 3.63) is 72.5 Å². The predicted molar refractivity (Wildman–Crippen MR) is 114 cm³/mol. The summed E-state index contributed by atoms with van der Waals surface area (Å²) in [5.74, 6) is 0.669. The zero-order valence-corrected chi connectivity index (χ0v) is 16.6. The average Bonchev–Trinajstić information content (AvgIpc) is 3.21. The number of hydrogen-bond donors (Lipinski definition) is 1. The van der Waals surface area contributed by atoms with Crippen LogP contribution in [0.1, 0.15) is 38.1 Å². The standard InChI is InChI=1S/C23H23N5O/c1-3-6-16(4-2)20-13-24-14-21(27-20)17-9-10-18-12-25-28(22(18)11-17)23-8-5-7-19(15-29)26-23/h4-5,7-14,29H,3,6,15H2,1-2H3/b16-4-. The molecule has 29 heavy (non-hydrogen) atoms. The molecule has 0 fully saturated rings. The number of aliphatic hydroxyl groups excluding tert-OH is 1. The highest BCUT2D eigenvalue weighted by Gasteiger charge is 2.11. The number of aromatic nitrogens is 5. The maximum Gasteiger partial charge on any atom is 0.154 e. The molecule has 0 saturated carbocycles. The van der Waals surface area contributed by atoms with Crippen LogP contribution in [-0.2, 0) is 6.61 Å². The number of hydrogen-bond acceptors (Lipinski definition) is 5. The van der Waals surface area contributed by atoms with Crippen LogP contribution in [0.3, 0.4) is 0 Å². The van der Waals surface area contributed by atoms with E-state index in [0.717, 1.165) is 40.7 Å². The molecule has 0 spiro atoms. The van der Waals surface area contributed by atoms with E-state index >= 15 is 0 Å². The van der Waals surface area contributed by atoms with Gasteiger partial charge in [0.05, 0.1) is 47.8 Å². The summed E-state index contributed by atoms with van der Waals surface area (Å²) in [6, 6.07) is 11.7. The van der Waals surface area contributed by atoms with Gasteiger partial charge in [0.15, 0.2) is 5.82 Å². The van der Waals surface area contributed by atoms with Gasteiger partial charge < -0.3 is 5.11 Å². The summed E-state index contributed by atoms with van der Waals surface area (Å²) >= 11 is 0. The molecule has 0 radical (unpaired) electrons. The summed E-state index contributed by atoms with van der Waals surface area (Å²) in [4.78, 5) is 13.7. The Balaban J connectivity index is 1.78. The van der Waals surface area contributed by atoms with E-state index in [4.69, 9.17) is 4.98 Å². The van der Waals surface area contributed by atoms with Crippen LogP contribution < -0.4 is 0 Å². The normalized spacial score (nSPS) is 11.9. The second-order valence-corrected chi connectivity index (χ2v) is 6.83. The van der Waals surface area contributed by atoms with Gasteiger partial charge in [-0.25, -0.2) is 14.6 Å². The Morgan fingerprint density at radius 1 is 1.10 bits per heavy atom. The first-order valence-electron chi connectivity index (χ1n) is 9.76. The highest BCUT2D eigenvalue weighted by atomic mass is 16.3. The fourth-order valence-corrected chi connectivity index (χ4v) is 3.38. The van der Waals surface area contributed by atoms with Crippen LogP contribution in [0.25, 0.3) is 33.6 Å². The van der Waals surface area contributed by atoms with Gasteiger partial charge in [0, 0.05) is 10.9 Å². The molecule has 3 heterocycles. The van der Waals surface area contributed by atoms with Gasteiger partial charge in [-0.05, 0) is 37.1 Å². The lowest BCUT2D eigenvalue weighted by Crippen LogP contribution is -2.01. The maximum absolute atomic E-state index is 9.38. The van der Waals surface area contributed by atoms with E-state index in [0.29, 0.717) is 11.5 Å². The largest absolute Gasteiger partial charge is 0.390 e. The van der Waals surface area contributed by atoms with Gasteiger partial charge in [0.1, 0.15) is 0 Å². The molecule has 146 valence electrons. The molecule has 1 N–H and O–H groups in total. The SMILES string of the molecule is C/C=C(/CCC)c1cncc(-c2ccc3cnn(-c4cccc(CO)n4)c3c2)n1. The van der Waals surface area contributed by atoms with Gasteiger partial charge in [-0.1, -0.05) is 37.6 Å². The Morgan fingerprint density at radius 3 is 2.79 bits per heavy atom. The number of fused-ring (bicyclic) bond motifs is 1. The highest BCUT2D eigenvalue weighted by Crippen LogP contribution is 2.26. The molecule has 4 rings (SSSR count). The van der Waals surface area contributed by atoms with Crippen molar-refractivity contribution in [2.45, 2.75) is 33.3 Å². The van der Waals surface area contributed by atoms with E-state index in [-0.39, 0.29) is 6.61 Å². The molecular formula is C23H23N5O. The van der Waals surface area contributed by atoms with Crippen molar-refractivity contribution in [3.8, 4) is 17.1 Å². The van der Waals surface area contributed by atoms with Crippen molar-refractivity contribution in [2.75, 3.05) is 0 Å². The van der Waals surface area contributed by atoms with Crippen molar-refractivity contribution < 1.29 is 5.11 Å². The Hall–Kier alpha value is -3.38. The third-order valence-corrected chi connectivity index (χ3v) is 4.87. The minimum atomic E-state index is -0.105. The third kappa shape index (κ3) is 3.79. The fraction of sp³-hybridized carbons (Fsp3) is 0.217. The van der Waals surface area contributed by atoms with E-state index in [1.165, 1.54) is 5.57 Å². The molecule has 1 aromatic carbocycles. The van der Waals surface area contributed by atoms with Gasteiger partial charge in [0.25, 0.3) is 0 Å². The summed E-state index contributed by atoms with van der Waals surface area (Å²) in [6.45, 7) is 4.10. The summed E-state index contributed by atoms with van der Waals surface area (Å²) < 4.78 is 1.78. The molecule has 0 bridgehead atoms. The number of pyridine rings is 1. The second-order valence-electron chi connectivity index (χ2n) is 6.83. The summed E-state index contributed by atoms with van der Waals surface area (Å²) in [5.41, 5.74) is 5.45. The molecule has 0 saturated heterocycles. The van der Waals surface area contributed by atoms with Crippen LogP contribution in [0.4, 0.5) is 0 Å². The molecule has 0 atom stereocenters. The Morgan fingerprint density at radius 2 is 2.00 bits per heavy atom. The Labute approximate surface area is 169 Å². The number of benzene rings is 1. The molecular weight excluding hydrogens is 362 g/mol. The van der Waals surface area contributed by atoms with E-state index in [1.54, 1.807) is 16.9 Å². The quantitative estimate of drug-likeness (QED) is 0.526. The Kier molecular flexibility index (Phi) is 5.44. The van der Waals surface area contributed by atoms with E-state index in [2.05, 4.69) is 34.1 Å². The van der Waals surface area contributed by atoms with E-state index in [1.807, 2.05) is 43.6 Å². The van der Waals surface area contributed by atoms with Gasteiger partial charge in [0.2, 0.25) is 0 Å². The zero-order chi connectivity index (χ0) is 20.2. The van der Waals surface area contributed by atoms with E-state index < -0.39 is 0 Å². The molecule has 0 unspecified atom stereocenters. The van der Waals surface area contributed by atoms with Crippen LogP contribution in [0, 0.1) is 0 Å². The summed E-state index contributed by atoms with van der Waals surface area (Å²) in [6.07, 6.45) is 9.57. The second kappa shape index (κ2) is 8.32. The predicted octanol–water partition coefficient (Wildman–Crippen LogP) is 4.57. The minimum absolute atomic E-state index is 0.105. The van der Waals surface area contributed by atoms with Crippen LogP contribution in [-0.4, -0.2) is 29.8 Å². The van der Waals surface area contributed by atoms with Crippen molar-refractivity contribution in [3.63, 3.8) is 0 Å². The van der Waals surface area contributed by atoms with Gasteiger partial charge >= 0.3 is 0 Å². The third-order valence-electron chi connectivity index (χ3n) is 4.87. The van der Waals surface area contributed by atoms with Crippen molar-refractivity contribution >= 4 is 16.5 Å². The first-order valence-corrected chi connectivity index (χ1v) is 9.76. The molecule has 6 nitrogen and oxygen atoms in total. The minimum Gasteiger partial charge on any atom is -0.390 e. The maximum atomic E-state index is 9.38. The summed E-state index contributed by atoms with van der Waals surface area (Å²) in [7, 11) is 0. The van der Waals surface area contributed by atoms with Gasteiger partial charge in [-0.3, -0.25) is 4.98 Å². The molecule has 6 heteroatoms. The van der Waals surface area contributed by atoms with Gasteiger partial charge in [-0.2, -0.15) is 5.10 Å². The van der Waals surface area contributed by atoms with Crippen LogP contribution in [0.5, 0.6) is 0 Å². The molecule has 3 aromatic heterocycles. The van der Waals surface area contributed by atoms with Crippen LogP contribution >= 0.6 is 0 Å². The first-order chi connectivity index (χ1) is 14.2. The topological polar surface area (TPSA) is 76.7 Å². The van der Waals surface area contributed by atoms with Crippen molar-refractivity contribution in [1.29, 1.82) is 0 Å². The molecule has 0 amide bonds. The number of allylic oxidation sites excluding steroid dienone is 2. The first kappa shape index (κ1) is 19.0. The zero-order valence-electron chi connectivity index (χ0n) is 16.6. The lowest BCUT2D eigenvalue weighted by Gasteiger charge is -2.08. The van der Waals surface area contributed by atoms with Crippen molar-refractivity contribution in [2.24, 2.45) is 0 Å². The molecule has 4 aromatic rings. The summed E-state index contributed by atoms with van der Waals surface area (Å²) in [5, 5.41) is 14.9. The lowest BCUT2D eigenvalue weighted by molar-refractivity contribution is 0.276. The number of nitrogens with zero attached hydrogens (tertiary/aromatic N) is 5. The van der Waals surface area contributed by atoms with Crippen LogP contribution in [0.15, 0.2) is 61.1 Å². The number of rotatable bonds is 6. The van der Waals surface area contributed by atoms with Crippen molar-refractivity contribution in [1.82, 2.24) is 24.7 Å². The van der Waals surface area contributed by atoms with Crippen LogP contribution in [0.2, 0.25) is 0 Å². The van der Waals surface area contributed by atoms with E-state index in [9.17, 15) is 5.11 Å². The number of aliphatic hydroxyl groups is 1. The Bertz CT molecular complexity index is 1180. The monoisotopic (exact) mass is 385 g/mol.